The fourth-order valence-electron chi connectivity index (χ4n) is 0.988. The molecule has 1 aromatic carbocycles. The molecule has 3 N–H and O–H groups in total. The van der Waals surface area contributed by atoms with Gasteiger partial charge in [-0.25, -0.2) is 0 Å². The minimum atomic E-state index is -0.322. The van der Waals surface area contributed by atoms with Crippen LogP contribution in [0.1, 0.15) is 5.56 Å². The number of hydrogen-bond donors (Lipinski definition) is 2. The van der Waals surface area contributed by atoms with Crippen molar-refractivity contribution in [2.75, 3.05) is 13.2 Å². The molecule has 0 spiro atoms. The predicted molar refractivity (Wildman–Crippen MR) is 63.4 cm³/mol. The summed E-state index contributed by atoms with van der Waals surface area (Å²) < 4.78 is 5.28. The molecule has 0 unspecified atom stereocenters. The highest BCUT2D eigenvalue weighted by atomic mass is 35.5. The molecule has 3 nitrogen and oxygen atoms in total. The molecule has 0 bridgehead atoms. The first-order valence-corrected chi connectivity index (χ1v) is 4.79. The van der Waals surface area contributed by atoms with Gasteiger partial charge in [-0.05, 0) is 11.6 Å². The average molecular weight is 252 g/mol. The molecule has 1 atom stereocenters. The van der Waals surface area contributed by atoms with Crippen LogP contribution in [0.4, 0.5) is 0 Å². The van der Waals surface area contributed by atoms with Crippen LogP contribution < -0.4 is 5.73 Å². The third-order valence-electron chi connectivity index (χ3n) is 1.78. The summed E-state index contributed by atoms with van der Waals surface area (Å²) in [6.45, 7) is 0.692. The Morgan fingerprint density at radius 3 is 2.67 bits per heavy atom. The van der Waals surface area contributed by atoms with Gasteiger partial charge < -0.3 is 15.6 Å². The van der Waals surface area contributed by atoms with Crippen LogP contribution in [0, 0.1) is 0 Å². The third kappa shape index (κ3) is 5.35. The van der Waals surface area contributed by atoms with Crippen molar-refractivity contribution in [2.45, 2.75) is 12.6 Å². The van der Waals surface area contributed by atoms with E-state index in [-0.39, 0.29) is 25.1 Å². The summed E-state index contributed by atoms with van der Waals surface area (Å²) >= 11 is 5.91. The highest BCUT2D eigenvalue weighted by Gasteiger charge is 2.02. The van der Waals surface area contributed by atoms with Gasteiger partial charge in [0.25, 0.3) is 0 Å². The molecule has 0 aliphatic rings. The molecule has 0 aromatic heterocycles. The minimum absolute atomic E-state index is 0. The lowest BCUT2D eigenvalue weighted by atomic mass is 10.2. The van der Waals surface area contributed by atoms with Crippen LogP contribution in [0.2, 0.25) is 5.02 Å². The Hall–Kier alpha value is -0.320. The van der Waals surface area contributed by atoms with E-state index in [1.54, 1.807) is 0 Å². The van der Waals surface area contributed by atoms with Gasteiger partial charge in [0.2, 0.25) is 0 Å². The second-order valence-electron chi connectivity index (χ2n) is 3.05. The number of nitrogens with two attached hydrogens (primary N) is 1. The molecule has 5 heteroatoms. The molecular formula is C10H15Cl2NO2. The lowest BCUT2D eigenvalue weighted by Gasteiger charge is -2.09. The van der Waals surface area contributed by atoms with E-state index in [2.05, 4.69) is 0 Å². The van der Waals surface area contributed by atoms with Crippen molar-refractivity contribution < 1.29 is 9.84 Å². The number of ether oxygens (including phenoxy) is 1. The number of aliphatic hydroxyl groups is 1. The van der Waals surface area contributed by atoms with Gasteiger partial charge in [-0.3, -0.25) is 0 Å². The Balaban J connectivity index is 0.00000196. The Bertz CT molecular complexity index is 284. The molecule has 0 aliphatic carbocycles. The van der Waals surface area contributed by atoms with Gasteiger partial charge in [0, 0.05) is 5.02 Å². The predicted octanol–water partition coefficient (Wildman–Crippen LogP) is 1.60. The minimum Gasteiger partial charge on any atom is -0.395 e. The van der Waals surface area contributed by atoms with Crippen LogP contribution in [-0.2, 0) is 11.3 Å². The maximum atomic E-state index is 8.66. The zero-order chi connectivity index (χ0) is 10.4. The first-order valence-electron chi connectivity index (χ1n) is 4.41. The number of rotatable bonds is 5. The van der Waals surface area contributed by atoms with Crippen LogP contribution in [0.3, 0.4) is 0 Å². The average Bonchev–Trinajstić information content (AvgIpc) is 2.20. The largest absolute Gasteiger partial charge is 0.395 e. The number of hydrogen-bond acceptors (Lipinski definition) is 3. The van der Waals surface area contributed by atoms with Crippen LogP contribution in [-0.4, -0.2) is 24.4 Å². The molecule has 0 saturated heterocycles. The monoisotopic (exact) mass is 251 g/mol. The number of aliphatic hydroxyl groups excluding tert-OH is 1. The molecule has 1 rings (SSSR count). The molecule has 0 heterocycles. The second-order valence-corrected chi connectivity index (χ2v) is 3.46. The fourth-order valence-corrected chi connectivity index (χ4v) is 1.18. The third-order valence-corrected chi connectivity index (χ3v) is 2.15. The first-order chi connectivity index (χ1) is 6.74. The van der Waals surface area contributed by atoms with Gasteiger partial charge in [0.05, 0.1) is 25.9 Å². The quantitative estimate of drug-likeness (QED) is 0.836. The Morgan fingerprint density at radius 2 is 2.07 bits per heavy atom. The van der Waals surface area contributed by atoms with E-state index in [0.717, 1.165) is 5.56 Å². The summed E-state index contributed by atoms with van der Waals surface area (Å²) in [5.41, 5.74) is 6.40. The Kier molecular flexibility index (Phi) is 7.74. The van der Waals surface area contributed by atoms with Crippen molar-refractivity contribution in [3.8, 4) is 0 Å². The standard InChI is InChI=1S/C10H14ClNO2.ClH/c11-10-4-2-1-3-8(10)6-14-7-9(12)5-13;/h1-4,9,13H,5-7,12H2;1H/t9-;/m1./s1. The van der Waals surface area contributed by atoms with E-state index in [0.29, 0.717) is 18.2 Å². The van der Waals surface area contributed by atoms with Gasteiger partial charge in [-0.1, -0.05) is 29.8 Å². The van der Waals surface area contributed by atoms with Crippen molar-refractivity contribution in [3.63, 3.8) is 0 Å². The van der Waals surface area contributed by atoms with Crippen LogP contribution in [0.25, 0.3) is 0 Å². The first kappa shape index (κ1) is 14.7. The highest BCUT2D eigenvalue weighted by molar-refractivity contribution is 6.31. The van der Waals surface area contributed by atoms with E-state index in [4.69, 9.17) is 27.2 Å². The van der Waals surface area contributed by atoms with Gasteiger partial charge >= 0.3 is 0 Å². The molecule has 0 saturated carbocycles. The summed E-state index contributed by atoms with van der Waals surface area (Å²) in [5.74, 6) is 0. The van der Waals surface area contributed by atoms with Gasteiger partial charge in [0.15, 0.2) is 0 Å². The molecular weight excluding hydrogens is 237 g/mol. The fraction of sp³-hybridized carbons (Fsp3) is 0.400. The van der Waals surface area contributed by atoms with Crippen molar-refractivity contribution in [2.24, 2.45) is 5.73 Å². The lowest BCUT2D eigenvalue weighted by Crippen LogP contribution is -2.29. The van der Waals surface area contributed by atoms with Crippen LogP contribution in [0.5, 0.6) is 0 Å². The Morgan fingerprint density at radius 1 is 1.40 bits per heavy atom. The number of halogens is 2. The van der Waals surface area contributed by atoms with E-state index in [1.165, 1.54) is 0 Å². The smallest absolute Gasteiger partial charge is 0.0732 e. The summed E-state index contributed by atoms with van der Waals surface area (Å²) in [5, 5.41) is 9.34. The molecule has 86 valence electrons. The zero-order valence-corrected chi connectivity index (χ0v) is 9.80. The summed E-state index contributed by atoms with van der Waals surface area (Å²) in [6.07, 6.45) is 0. The van der Waals surface area contributed by atoms with Gasteiger partial charge in [-0.15, -0.1) is 12.4 Å². The number of benzene rings is 1. The molecule has 1 aromatic rings. The Labute approximate surface area is 101 Å². The van der Waals surface area contributed by atoms with E-state index < -0.39 is 0 Å². The zero-order valence-electron chi connectivity index (χ0n) is 8.23. The molecule has 0 radical (unpaired) electrons. The van der Waals surface area contributed by atoms with E-state index in [1.807, 2.05) is 24.3 Å². The SMILES string of the molecule is Cl.N[C@H](CO)COCc1ccccc1Cl. The van der Waals surface area contributed by atoms with Gasteiger partial charge in [-0.2, -0.15) is 0 Å². The molecule has 15 heavy (non-hydrogen) atoms. The van der Waals surface area contributed by atoms with Crippen molar-refractivity contribution in [1.82, 2.24) is 0 Å². The summed E-state index contributed by atoms with van der Waals surface area (Å²) in [7, 11) is 0. The van der Waals surface area contributed by atoms with E-state index >= 15 is 0 Å². The second kappa shape index (κ2) is 7.91. The van der Waals surface area contributed by atoms with Crippen molar-refractivity contribution >= 4 is 24.0 Å². The van der Waals surface area contributed by atoms with Gasteiger partial charge in [0.1, 0.15) is 0 Å². The lowest BCUT2D eigenvalue weighted by molar-refractivity contribution is 0.0899. The normalized spacial score (nSPS) is 11.9. The molecule has 0 amide bonds. The van der Waals surface area contributed by atoms with Crippen molar-refractivity contribution in [3.05, 3.63) is 34.9 Å². The van der Waals surface area contributed by atoms with E-state index in [9.17, 15) is 0 Å². The molecule has 0 fully saturated rings. The van der Waals surface area contributed by atoms with Crippen LogP contribution >= 0.6 is 24.0 Å². The molecule has 0 aliphatic heterocycles. The maximum Gasteiger partial charge on any atom is 0.0732 e. The topological polar surface area (TPSA) is 55.5 Å². The van der Waals surface area contributed by atoms with Crippen molar-refractivity contribution in [1.29, 1.82) is 0 Å². The maximum absolute atomic E-state index is 8.66. The highest BCUT2D eigenvalue weighted by Crippen LogP contribution is 2.15. The summed E-state index contributed by atoms with van der Waals surface area (Å²) in [4.78, 5) is 0. The summed E-state index contributed by atoms with van der Waals surface area (Å²) in [6, 6.07) is 7.15. The van der Waals surface area contributed by atoms with Crippen LogP contribution in [0.15, 0.2) is 24.3 Å².